The normalized spacial score (nSPS) is 21.0. The zero-order valence-corrected chi connectivity index (χ0v) is 14.7. The van der Waals surface area contributed by atoms with Gasteiger partial charge in [-0.1, -0.05) is 13.0 Å². The smallest absolute Gasteiger partial charge is 0.253 e. The monoisotopic (exact) mass is 331 g/mol. The highest BCUT2D eigenvalue weighted by Crippen LogP contribution is 2.34. The van der Waals surface area contributed by atoms with Crippen molar-refractivity contribution in [3.63, 3.8) is 0 Å². The van der Waals surface area contributed by atoms with Crippen LogP contribution in [0.3, 0.4) is 0 Å². The maximum Gasteiger partial charge on any atom is 0.253 e. The van der Waals surface area contributed by atoms with Gasteiger partial charge in [-0.15, -0.1) is 0 Å². The predicted octanol–water partition coefficient (Wildman–Crippen LogP) is 3.63. The Bertz CT molecular complexity index is 552. The lowest BCUT2D eigenvalue weighted by Gasteiger charge is -2.40. The number of ether oxygens (including phenoxy) is 1. The number of hydrogen-bond donors (Lipinski definition) is 1. The van der Waals surface area contributed by atoms with Gasteiger partial charge in [0.05, 0.1) is 6.10 Å². The SMILES string of the molecule is CCC1(CO)CCN(C(=O)c2cccc(OC3CCCC3)c2)CC1. The van der Waals surface area contributed by atoms with Crippen LogP contribution in [-0.2, 0) is 0 Å². The summed E-state index contributed by atoms with van der Waals surface area (Å²) in [6.45, 7) is 3.79. The van der Waals surface area contributed by atoms with Crippen LogP contribution in [0.15, 0.2) is 24.3 Å². The Labute approximate surface area is 144 Å². The molecule has 1 saturated heterocycles. The van der Waals surface area contributed by atoms with E-state index in [4.69, 9.17) is 4.74 Å². The van der Waals surface area contributed by atoms with Crippen LogP contribution in [0.5, 0.6) is 5.75 Å². The number of aliphatic hydroxyl groups is 1. The average Bonchev–Trinajstić information content (AvgIpc) is 3.14. The summed E-state index contributed by atoms with van der Waals surface area (Å²) in [6.07, 6.45) is 7.74. The van der Waals surface area contributed by atoms with E-state index in [9.17, 15) is 9.90 Å². The summed E-state index contributed by atoms with van der Waals surface area (Å²) >= 11 is 0. The van der Waals surface area contributed by atoms with Crippen LogP contribution in [0.2, 0.25) is 0 Å². The zero-order chi connectivity index (χ0) is 17.0. The van der Waals surface area contributed by atoms with Crippen LogP contribution >= 0.6 is 0 Å². The maximum atomic E-state index is 12.8. The van der Waals surface area contributed by atoms with Gasteiger partial charge in [-0.25, -0.2) is 0 Å². The minimum Gasteiger partial charge on any atom is -0.490 e. The highest BCUT2D eigenvalue weighted by Gasteiger charge is 2.34. The van der Waals surface area contributed by atoms with Crippen molar-refractivity contribution in [2.24, 2.45) is 5.41 Å². The van der Waals surface area contributed by atoms with Crippen LogP contribution in [0.4, 0.5) is 0 Å². The molecule has 2 fully saturated rings. The third kappa shape index (κ3) is 3.75. The quantitative estimate of drug-likeness (QED) is 0.896. The van der Waals surface area contributed by atoms with Crippen molar-refractivity contribution in [2.45, 2.75) is 58.0 Å². The molecule has 132 valence electrons. The van der Waals surface area contributed by atoms with Crippen molar-refractivity contribution >= 4 is 5.91 Å². The van der Waals surface area contributed by atoms with Crippen LogP contribution < -0.4 is 4.74 Å². The molecule has 1 aliphatic carbocycles. The molecule has 1 heterocycles. The van der Waals surface area contributed by atoms with Gasteiger partial charge in [-0.05, 0) is 68.6 Å². The van der Waals surface area contributed by atoms with Gasteiger partial charge in [0.25, 0.3) is 5.91 Å². The number of hydrogen-bond acceptors (Lipinski definition) is 3. The molecule has 1 amide bonds. The molecule has 4 nitrogen and oxygen atoms in total. The fourth-order valence-corrected chi connectivity index (χ4v) is 3.89. The number of aliphatic hydroxyl groups excluding tert-OH is 1. The molecule has 0 bridgehead atoms. The Morgan fingerprint density at radius 2 is 2.00 bits per heavy atom. The maximum absolute atomic E-state index is 12.8. The van der Waals surface area contributed by atoms with Crippen molar-refractivity contribution < 1.29 is 14.6 Å². The van der Waals surface area contributed by atoms with Gasteiger partial charge in [-0.2, -0.15) is 0 Å². The number of piperidine rings is 1. The number of benzene rings is 1. The summed E-state index contributed by atoms with van der Waals surface area (Å²) in [4.78, 5) is 14.7. The molecular weight excluding hydrogens is 302 g/mol. The van der Waals surface area contributed by atoms with E-state index in [2.05, 4.69) is 6.92 Å². The molecule has 1 aromatic rings. The number of carbonyl (C=O) groups excluding carboxylic acids is 1. The summed E-state index contributed by atoms with van der Waals surface area (Å²) in [5, 5.41) is 9.64. The van der Waals surface area contributed by atoms with Crippen molar-refractivity contribution in [3.8, 4) is 5.75 Å². The van der Waals surface area contributed by atoms with E-state index >= 15 is 0 Å². The van der Waals surface area contributed by atoms with Gasteiger partial charge in [0.15, 0.2) is 0 Å². The van der Waals surface area contributed by atoms with Crippen molar-refractivity contribution in [3.05, 3.63) is 29.8 Å². The van der Waals surface area contributed by atoms with Gasteiger partial charge in [0.2, 0.25) is 0 Å². The first-order valence-electron chi connectivity index (χ1n) is 9.33. The molecule has 0 aromatic heterocycles. The zero-order valence-electron chi connectivity index (χ0n) is 14.7. The van der Waals surface area contributed by atoms with Gasteiger partial charge >= 0.3 is 0 Å². The summed E-state index contributed by atoms with van der Waals surface area (Å²) in [6, 6.07) is 7.61. The van der Waals surface area contributed by atoms with E-state index in [0.29, 0.717) is 11.7 Å². The van der Waals surface area contributed by atoms with Crippen molar-refractivity contribution in [1.29, 1.82) is 0 Å². The largest absolute Gasteiger partial charge is 0.490 e. The lowest BCUT2D eigenvalue weighted by molar-refractivity contribution is 0.0338. The molecule has 3 rings (SSSR count). The molecule has 0 atom stereocenters. The molecule has 2 aliphatic rings. The first kappa shape index (κ1) is 17.3. The lowest BCUT2D eigenvalue weighted by Crippen LogP contribution is -2.44. The molecule has 24 heavy (non-hydrogen) atoms. The fourth-order valence-electron chi connectivity index (χ4n) is 3.89. The number of rotatable bonds is 5. The summed E-state index contributed by atoms with van der Waals surface area (Å²) < 4.78 is 6.02. The van der Waals surface area contributed by atoms with Crippen LogP contribution in [0, 0.1) is 5.41 Å². The van der Waals surface area contributed by atoms with Crippen LogP contribution in [0.25, 0.3) is 0 Å². The standard InChI is InChI=1S/C20H29NO3/c1-2-20(15-22)10-12-21(13-11-20)19(23)16-6-5-9-18(14-16)24-17-7-3-4-8-17/h5-6,9,14,17,22H,2-4,7-8,10-13,15H2,1H3. The molecular formula is C20H29NO3. The lowest BCUT2D eigenvalue weighted by atomic mass is 9.77. The Morgan fingerprint density at radius 3 is 2.62 bits per heavy atom. The van der Waals surface area contributed by atoms with Gasteiger partial charge in [0.1, 0.15) is 5.75 Å². The van der Waals surface area contributed by atoms with Crippen LogP contribution in [-0.4, -0.2) is 41.7 Å². The Morgan fingerprint density at radius 1 is 1.29 bits per heavy atom. The Balaban J connectivity index is 1.63. The first-order valence-corrected chi connectivity index (χ1v) is 9.33. The topological polar surface area (TPSA) is 49.8 Å². The molecule has 4 heteroatoms. The summed E-state index contributed by atoms with van der Waals surface area (Å²) in [7, 11) is 0. The van der Waals surface area contributed by atoms with Crippen LogP contribution in [0.1, 0.15) is 62.2 Å². The van der Waals surface area contributed by atoms with E-state index in [0.717, 1.165) is 50.9 Å². The number of likely N-dealkylation sites (tertiary alicyclic amines) is 1. The highest BCUT2D eigenvalue weighted by molar-refractivity contribution is 5.94. The van der Waals surface area contributed by atoms with Gasteiger partial charge in [0, 0.05) is 25.3 Å². The third-order valence-electron chi connectivity index (χ3n) is 5.88. The number of nitrogens with zero attached hydrogens (tertiary/aromatic N) is 1. The first-order chi connectivity index (χ1) is 11.7. The average molecular weight is 331 g/mol. The second-order valence-electron chi connectivity index (χ2n) is 7.36. The van der Waals surface area contributed by atoms with E-state index in [1.807, 2.05) is 29.2 Å². The molecule has 1 saturated carbocycles. The second kappa shape index (κ2) is 7.56. The van der Waals surface area contributed by atoms with E-state index < -0.39 is 0 Å². The van der Waals surface area contributed by atoms with E-state index in [-0.39, 0.29) is 17.9 Å². The molecule has 1 aliphatic heterocycles. The molecule has 1 aromatic carbocycles. The molecule has 0 unspecified atom stereocenters. The second-order valence-corrected chi connectivity index (χ2v) is 7.36. The van der Waals surface area contributed by atoms with Crippen molar-refractivity contribution in [2.75, 3.05) is 19.7 Å². The summed E-state index contributed by atoms with van der Waals surface area (Å²) in [5.41, 5.74) is 0.711. The number of amides is 1. The predicted molar refractivity (Wildman–Crippen MR) is 94.3 cm³/mol. The van der Waals surface area contributed by atoms with Gasteiger partial charge in [-0.3, -0.25) is 4.79 Å². The molecule has 0 spiro atoms. The van der Waals surface area contributed by atoms with Gasteiger partial charge < -0.3 is 14.7 Å². The number of carbonyl (C=O) groups is 1. The Hall–Kier alpha value is -1.55. The summed E-state index contributed by atoms with van der Waals surface area (Å²) in [5.74, 6) is 0.887. The molecule has 1 N–H and O–H groups in total. The van der Waals surface area contributed by atoms with E-state index in [1.54, 1.807) is 0 Å². The van der Waals surface area contributed by atoms with Crippen molar-refractivity contribution in [1.82, 2.24) is 4.90 Å². The third-order valence-corrected chi connectivity index (χ3v) is 5.88. The fraction of sp³-hybridized carbons (Fsp3) is 0.650. The minimum atomic E-state index is 0.00418. The Kier molecular flexibility index (Phi) is 5.44. The highest BCUT2D eigenvalue weighted by atomic mass is 16.5. The minimum absolute atomic E-state index is 0.00418. The molecule has 0 radical (unpaired) electrons. The van der Waals surface area contributed by atoms with E-state index in [1.165, 1.54) is 12.8 Å².